The van der Waals surface area contributed by atoms with Gasteiger partial charge >= 0.3 is 0 Å². The first-order chi connectivity index (χ1) is 14.9. The topological polar surface area (TPSA) is 99.3 Å². The predicted molar refractivity (Wildman–Crippen MR) is 123 cm³/mol. The molecule has 1 fully saturated rings. The lowest BCUT2D eigenvalue weighted by atomic mass is 9.89. The molecule has 0 aromatic heterocycles. The Kier molecular flexibility index (Phi) is 7.72. The van der Waals surface area contributed by atoms with Crippen LogP contribution in [-0.4, -0.2) is 22.8 Å². The Bertz CT molecular complexity index is 969. The smallest absolute Gasteiger partial charge is 0.269 e. The summed E-state index contributed by atoms with van der Waals surface area (Å²) in [5.41, 5.74) is 7.46. The summed E-state index contributed by atoms with van der Waals surface area (Å²) in [6, 6.07) is 13.8. The maximum Gasteiger partial charge on any atom is 0.269 e. The summed E-state index contributed by atoms with van der Waals surface area (Å²) < 4.78 is 0. The molecular formula is C23H26N4O3S. The highest BCUT2D eigenvalue weighted by Crippen LogP contribution is 2.23. The van der Waals surface area contributed by atoms with Crippen LogP contribution in [0.25, 0.3) is 0 Å². The van der Waals surface area contributed by atoms with Crippen LogP contribution in [0.2, 0.25) is 0 Å². The van der Waals surface area contributed by atoms with E-state index >= 15 is 0 Å². The third-order valence-electron chi connectivity index (χ3n) is 5.30. The summed E-state index contributed by atoms with van der Waals surface area (Å²) in [4.78, 5) is 36.9. The van der Waals surface area contributed by atoms with Gasteiger partial charge in [0.15, 0.2) is 5.11 Å². The maximum absolute atomic E-state index is 12.4. The van der Waals surface area contributed by atoms with Crippen LogP contribution in [0, 0.1) is 12.8 Å². The molecule has 0 radical (unpaired) electrons. The second kappa shape index (κ2) is 10.7. The number of carbonyl (C=O) groups is 3. The van der Waals surface area contributed by atoms with Crippen molar-refractivity contribution in [2.45, 2.75) is 39.0 Å². The minimum atomic E-state index is -0.411. The fraction of sp³-hybridized carbons (Fsp3) is 0.304. The normalized spacial score (nSPS) is 13.7. The van der Waals surface area contributed by atoms with E-state index in [0.717, 1.165) is 37.7 Å². The highest BCUT2D eigenvalue weighted by atomic mass is 32.1. The van der Waals surface area contributed by atoms with Gasteiger partial charge < -0.3 is 10.6 Å². The lowest BCUT2D eigenvalue weighted by Crippen LogP contribution is -2.49. The van der Waals surface area contributed by atoms with Gasteiger partial charge in [0, 0.05) is 22.7 Å². The number of hydrazine groups is 1. The van der Waals surface area contributed by atoms with Crippen molar-refractivity contribution in [3.8, 4) is 0 Å². The lowest BCUT2D eigenvalue weighted by molar-refractivity contribution is -0.124. The van der Waals surface area contributed by atoms with E-state index in [9.17, 15) is 14.4 Å². The number of aryl methyl sites for hydroxylation is 1. The van der Waals surface area contributed by atoms with Crippen molar-refractivity contribution in [2.75, 3.05) is 5.32 Å². The molecule has 0 bridgehead atoms. The van der Waals surface area contributed by atoms with Gasteiger partial charge in [-0.2, -0.15) is 0 Å². The summed E-state index contributed by atoms with van der Waals surface area (Å²) in [7, 11) is 0. The fourth-order valence-corrected chi connectivity index (χ4v) is 3.68. The summed E-state index contributed by atoms with van der Waals surface area (Å²) >= 11 is 5.09. The van der Waals surface area contributed by atoms with E-state index in [1.165, 1.54) is 0 Å². The van der Waals surface area contributed by atoms with Gasteiger partial charge in [-0.3, -0.25) is 25.2 Å². The lowest BCUT2D eigenvalue weighted by Gasteiger charge is -2.21. The Morgan fingerprint density at radius 1 is 0.871 bits per heavy atom. The average Bonchev–Trinajstić information content (AvgIpc) is 2.78. The summed E-state index contributed by atoms with van der Waals surface area (Å²) in [6.07, 6.45) is 5.00. The zero-order valence-corrected chi connectivity index (χ0v) is 18.2. The molecule has 0 saturated heterocycles. The number of carbonyl (C=O) groups excluding carboxylic acids is 3. The molecule has 1 aliphatic rings. The minimum absolute atomic E-state index is 0.0216. The number of nitrogens with one attached hydrogen (secondary N) is 4. The summed E-state index contributed by atoms with van der Waals surface area (Å²) in [5, 5.41) is 5.50. The van der Waals surface area contributed by atoms with Crippen molar-refractivity contribution in [1.29, 1.82) is 0 Å². The van der Waals surface area contributed by atoms with Crippen LogP contribution < -0.4 is 21.5 Å². The Hall–Kier alpha value is -3.26. The first-order valence-electron chi connectivity index (χ1n) is 10.3. The SMILES string of the molecule is Cc1ccccc1C(=O)Nc1ccc(C(=O)NNC(=S)NC(=O)C2CCCCC2)cc1. The van der Waals surface area contributed by atoms with Crippen LogP contribution in [0.3, 0.4) is 0 Å². The molecule has 2 aromatic carbocycles. The van der Waals surface area contributed by atoms with Crippen molar-refractivity contribution in [3.63, 3.8) is 0 Å². The predicted octanol–water partition coefficient (Wildman–Crippen LogP) is 3.46. The van der Waals surface area contributed by atoms with Gasteiger partial charge in [0.05, 0.1) is 0 Å². The van der Waals surface area contributed by atoms with Gasteiger partial charge in [-0.25, -0.2) is 0 Å². The summed E-state index contributed by atoms with van der Waals surface area (Å²) in [5.74, 6) is -0.756. The first kappa shape index (κ1) is 22.4. The number of thiocarbonyl (C=S) groups is 1. The molecule has 0 atom stereocenters. The zero-order valence-electron chi connectivity index (χ0n) is 17.4. The molecule has 7 nitrogen and oxygen atoms in total. The number of rotatable bonds is 4. The molecule has 0 unspecified atom stereocenters. The van der Waals surface area contributed by atoms with Crippen molar-refractivity contribution in [1.82, 2.24) is 16.2 Å². The monoisotopic (exact) mass is 438 g/mol. The van der Waals surface area contributed by atoms with Crippen LogP contribution in [0.5, 0.6) is 0 Å². The van der Waals surface area contributed by atoms with Crippen LogP contribution >= 0.6 is 12.2 Å². The number of hydrogen-bond donors (Lipinski definition) is 4. The molecule has 3 rings (SSSR count). The molecule has 1 aliphatic carbocycles. The quantitative estimate of drug-likeness (QED) is 0.433. The van der Waals surface area contributed by atoms with Crippen LogP contribution in [0.15, 0.2) is 48.5 Å². The Morgan fingerprint density at radius 3 is 2.23 bits per heavy atom. The van der Waals surface area contributed by atoms with E-state index in [2.05, 4.69) is 21.5 Å². The zero-order chi connectivity index (χ0) is 22.2. The molecule has 0 spiro atoms. The Morgan fingerprint density at radius 2 is 1.55 bits per heavy atom. The van der Waals surface area contributed by atoms with Crippen molar-refractivity contribution >= 4 is 40.7 Å². The Labute approximate surface area is 187 Å². The molecule has 0 heterocycles. The van der Waals surface area contributed by atoms with E-state index in [4.69, 9.17) is 12.2 Å². The number of amides is 3. The van der Waals surface area contributed by atoms with E-state index in [1.54, 1.807) is 30.3 Å². The molecular weight excluding hydrogens is 412 g/mol. The number of hydrogen-bond acceptors (Lipinski definition) is 4. The third-order valence-corrected chi connectivity index (χ3v) is 5.50. The first-order valence-corrected chi connectivity index (χ1v) is 10.7. The largest absolute Gasteiger partial charge is 0.322 e. The average molecular weight is 439 g/mol. The van der Waals surface area contributed by atoms with Crippen LogP contribution in [0.4, 0.5) is 5.69 Å². The van der Waals surface area contributed by atoms with E-state index < -0.39 is 5.91 Å². The number of benzene rings is 2. The van der Waals surface area contributed by atoms with Crippen molar-refractivity contribution in [3.05, 3.63) is 65.2 Å². The highest BCUT2D eigenvalue weighted by Gasteiger charge is 2.21. The van der Waals surface area contributed by atoms with Gasteiger partial charge in [0.1, 0.15) is 0 Å². The second-order valence-corrected chi connectivity index (χ2v) is 7.99. The molecule has 0 aliphatic heterocycles. The van der Waals surface area contributed by atoms with Gasteiger partial charge in [-0.15, -0.1) is 0 Å². The van der Waals surface area contributed by atoms with E-state index in [0.29, 0.717) is 16.8 Å². The highest BCUT2D eigenvalue weighted by molar-refractivity contribution is 7.80. The van der Waals surface area contributed by atoms with Gasteiger partial charge in [-0.05, 0) is 67.9 Å². The van der Waals surface area contributed by atoms with Crippen LogP contribution in [0.1, 0.15) is 58.4 Å². The van der Waals surface area contributed by atoms with Crippen molar-refractivity contribution in [2.24, 2.45) is 5.92 Å². The fourth-order valence-electron chi connectivity index (χ4n) is 3.53. The molecule has 3 amide bonds. The molecule has 162 valence electrons. The standard InChI is InChI=1S/C23H26N4O3S/c1-15-7-5-6-10-19(15)22(30)24-18-13-11-17(12-14-18)21(29)26-27-23(31)25-20(28)16-8-3-2-4-9-16/h5-7,10-14,16H,2-4,8-9H2,1H3,(H,24,30)(H,26,29)(H2,25,27,28,31). The van der Waals surface area contributed by atoms with Gasteiger partial charge in [0.25, 0.3) is 11.8 Å². The molecule has 4 N–H and O–H groups in total. The molecule has 1 saturated carbocycles. The van der Waals surface area contributed by atoms with E-state index in [-0.39, 0.29) is 22.8 Å². The maximum atomic E-state index is 12.4. The molecule has 31 heavy (non-hydrogen) atoms. The Balaban J connectivity index is 1.47. The summed E-state index contributed by atoms with van der Waals surface area (Å²) in [6.45, 7) is 1.87. The number of anilines is 1. The molecule has 8 heteroatoms. The van der Waals surface area contributed by atoms with Gasteiger partial charge in [0.2, 0.25) is 5.91 Å². The molecule has 2 aromatic rings. The second-order valence-electron chi connectivity index (χ2n) is 7.58. The minimum Gasteiger partial charge on any atom is -0.322 e. The van der Waals surface area contributed by atoms with E-state index in [1.807, 2.05) is 25.1 Å². The van der Waals surface area contributed by atoms with Crippen LogP contribution in [-0.2, 0) is 4.79 Å². The third kappa shape index (κ3) is 6.36. The van der Waals surface area contributed by atoms with Crippen molar-refractivity contribution < 1.29 is 14.4 Å². The van der Waals surface area contributed by atoms with Gasteiger partial charge in [-0.1, -0.05) is 37.5 Å².